The third-order valence-electron chi connectivity index (χ3n) is 2.11. The van der Waals surface area contributed by atoms with Gasteiger partial charge in [0.15, 0.2) is 5.75 Å². The molecule has 0 N–H and O–H groups in total. The topological polar surface area (TPSA) is 78.7 Å². The van der Waals surface area contributed by atoms with Crippen LogP contribution in [0.25, 0.3) is 0 Å². The highest BCUT2D eigenvalue weighted by Crippen LogP contribution is 2.30. The lowest BCUT2D eigenvalue weighted by atomic mass is 10.1. The van der Waals surface area contributed by atoms with Gasteiger partial charge < -0.3 is 9.47 Å². The highest BCUT2D eigenvalue weighted by atomic mass is 19.1. The summed E-state index contributed by atoms with van der Waals surface area (Å²) in [6.07, 6.45) is 0.627. The van der Waals surface area contributed by atoms with E-state index in [9.17, 15) is 19.3 Å². The largest absolute Gasteiger partial charge is 0.487 e. The molecule has 0 atom stereocenters. The van der Waals surface area contributed by atoms with Gasteiger partial charge in [0, 0.05) is 6.07 Å². The first-order valence-electron chi connectivity index (χ1n) is 5.20. The van der Waals surface area contributed by atoms with Crippen LogP contribution in [0.1, 0.15) is 23.7 Å². The van der Waals surface area contributed by atoms with E-state index in [0.717, 1.165) is 13.2 Å². The average molecular weight is 257 g/mol. The highest BCUT2D eigenvalue weighted by molar-refractivity contribution is 5.90. The predicted octanol–water partition coefficient (Wildman–Crippen LogP) is 2.31. The monoisotopic (exact) mass is 257 g/mol. The van der Waals surface area contributed by atoms with Crippen LogP contribution >= 0.6 is 0 Å². The van der Waals surface area contributed by atoms with Crippen molar-refractivity contribution in [2.24, 2.45) is 0 Å². The summed E-state index contributed by atoms with van der Waals surface area (Å²) in [5.41, 5.74) is -0.914. The van der Waals surface area contributed by atoms with Gasteiger partial charge in [-0.3, -0.25) is 10.1 Å². The number of methoxy groups -OCH3 is 1. The van der Waals surface area contributed by atoms with Crippen molar-refractivity contribution in [2.45, 2.75) is 13.3 Å². The molecular formula is C11H12FNO5. The number of esters is 1. The third kappa shape index (κ3) is 2.93. The Morgan fingerprint density at radius 2 is 2.17 bits per heavy atom. The Morgan fingerprint density at radius 3 is 2.67 bits per heavy atom. The zero-order valence-corrected chi connectivity index (χ0v) is 9.94. The number of carbonyl (C=O) groups is 1. The summed E-state index contributed by atoms with van der Waals surface area (Å²) in [5.74, 6) is -2.08. The lowest BCUT2D eigenvalue weighted by Gasteiger charge is -2.08. The zero-order chi connectivity index (χ0) is 13.7. The van der Waals surface area contributed by atoms with Gasteiger partial charge in [0.05, 0.1) is 30.3 Å². The number of nitrogens with zero attached hydrogens (tertiary/aromatic N) is 1. The van der Waals surface area contributed by atoms with Gasteiger partial charge in [-0.05, 0) is 6.42 Å². The number of ether oxygens (including phenoxy) is 2. The summed E-state index contributed by atoms with van der Waals surface area (Å²) >= 11 is 0. The van der Waals surface area contributed by atoms with E-state index in [0.29, 0.717) is 12.5 Å². The SMILES string of the molecule is CCCOc1cc(C(=O)OC)c(F)cc1[N+](=O)[O-]. The number of hydrogen-bond donors (Lipinski definition) is 0. The van der Waals surface area contributed by atoms with Crippen molar-refractivity contribution in [1.82, 2.24) is 0 Å². The van der Waals surface area contributed by atoms with E-state index in [4.69, 9.17) is 4.74 Å². The van der Waals surface area contributed by atoms with Crippen molar-refractivity contribution < 1.29 is 23.6 Å². The van der Waals surface area contributed by atoms with Crippen molar-refractivity contribution >= 4 is 11.7 Å². The quantitative estimate of drug-likeness (QED) is 0.459. The van der Waals surface area contributed by atoms with E-state index in [2.05, 4.69) is 4.74 Å². The highest BCUT2D eigenvalue weighted by Gasteiger charge is 2.23. The first kappa shape index (κ1) is 13.9. The number of nitro groups is 1. The molecule has 0 saturated carbocycles. The number of nitro benzene ring substituents is 1. The Bertz CT molecular complexity index is 475. The molecule has 0 radical (unpaired) electrons. The molecule has 7 heteroatoms. The zero-order valence-electron chi connectivity index (χ0n) is 9.94. The summed E-state index contributed by atoms with van der Waals surface area (Å²) in [6, 6.07) is 1.63. The average Bonchev–Trinajstić information content (AvgIpc) is 2.35. The van der Waals surface area contributed by atoms with Gasteiger partial charge in [-0.25, -0.2) is 9.18 Å². The molecule has 6 nitrogen and oxygen atoms in total. The van der Waals surface area contributed by atoms with Crippen LogP contribution in [0.15, 0.2) is 12.1 Å². The lowest BCUT2D eigenvalue weighted by molar-refractivity contribution is -0.386. The first-order chi connectivity index (χ1) is 8.51. The molecule has 0 spiro atoms. The summed E-state index contributed by atoms with van der Waals surface area (Å²) < 4.78 is 23.0. The maximum atomic E-state index is 13.5. The number of hydrogen-bond acceptors (Lipinski definition) is 5. The second kappa shape index (κ2) is 5.95. The number of halogens is 1. The van der Waals surface area contributed by atoms with Gasteiger partial charge >= 0.3 is 11.7 Å². The fraction of sp³-hybridized carbons (Fsp3) is 0.364. The second-order valence-electron chi connectivity index (χ2n) is 3.40. The molecule has 0 saturated heterocycles. The van der Waals surface area contributed by atoms with Gasteiger partial charge in [-0.2, -0.15) is 0 Å². The molecule has 0 fully saturated rings. The lowest BCUT2D eigenvalue weighted by Crippen LogP contribution is -2.07. The minimum absolute atomic E-state index is 0.149. The van der Waals surface area contributed by atoms with Crippen LogP contribution in [-0.2, 0) is 4.74 Å². The number of rotatable bonds is 5. The maximum absolute atomic E-state index is 13.5. The van der Waals surface area contributed by atoms with E-state index in [-0.39, 0.29) is 12.4 Å². The normalized spacial score (nSPS) is 9.94. The molecule has 0 unspecified atom stereocenters. The van der Waals surface area contributed by atoms with Crippen molar-refractivity contribution in [3.8, 4) is 5.75 Å². The molecule has 0 aliphatic heterocycles. The molecule has 98 valence electrons. The van der Waals surface area contributed by atoms with E-state index >= 15 is 0 Å². The Labute approximate surface area is 102 Å². The fourth-order valence-electron chi connectivity index (χ4n) is 1.28. The van der Waals surface area contributed by atoms with Crippen molar-refractivity contribution in [3.05, 3.63) is 33.6 Å². The van der Waals surface area contributed by atoms with Gasteiger partial charge in [-0.15, -0.1) is 0 Å². The van der Waals surface area contributed by atoms with Crippen molar-refractivity contribution in [3.63, 3.8) is 0 Å². The van der Waals surface area contributed by atoms with E-state index < -0.39 is 28.0 Å². The second-order valence-corrected chi connectivity index (χ2v) is 3.40. The molecule has 0 aromatic heterocycles. The number of benzene rings is 1. The standard InChI is InChI=1S/C11H12FNO5/c1-3-4-18-10-5-7(11(14)17-2)8(12)6-9(10)13(15)16/h5-6H,3-4H2,1-2H3. The Balaban J connectivity index is 3.26. The van der Waals surface area contributed by atoms with Crippen LogP contribution in [0.5, 0.6) is 5.75 Å². The van der Waals surface area contributed by atoms with Crippen LogP contribution in [0.4, 0.5) is 10.1 Å². The summed E-state index contributed by atoms with van der Waals surface area (Å²) in [6.45, 7) is 2.05. The molecule has 0 aliphatic carbocycles. The molecule has 0 amide bonds. The van der Waals surface area contributed by atoms with Gasteiger partial charge in [0.2, 0.25) is 0 Å². The number of carbonyl (C=O) groups excluding carboxylic acids is 1. The third-order valence-corrected chi connectivity index (χ3v) is 2.11. The van der Waals surface area contributed by atoms with Crippen LogP contribution in [0.2, 0.25) is 0 Å². The molecular weight excluding hydrogens is 245 g/mol. The van der Waals surface area contributed by atoms with Crippen LogP contribution < -0.4 is 4.74 Å². The molecule has 1 aromatic carbocycles. The van der Waals surface area contributed by atoms with Gasteiger partial charge in [-0.1, -0.05) is 6.92 Å². The summed E-state index contributed by atoms with van der Waals surface area (Å²) in [4.78, 5) is 21.2. The van der Waals surface area contributed by atoms with E-state index in [1.165, 1.54) is 0 Å². The minimum atomic E-state index is -1.02. The molecule has 0 heterocycles. The van der Waals surface area contributed by atoms with Gasteiger partial charge in [0.25, 0.3) is 0 Å². The predicted molar refractivity (Wildman–Crippen MR) is 60.2 cm³/mol. The Hall–Kier alpha value is -2.18. The Kier molecular flexibility index (Phi) is 4.59. The molecule has 1 rings (SSSR count). The molecule has 0 bridgehead atoms. The van der Waals surface area contributed by atoms with Crippen LogP contribution in [-0.4, -0.2) is 24.6 Å². The molecule has 18 heavy (non-hydrogen) atoms. The first-order valence-corrected chi connectivity index (χ1v) is 5.20. The Morgan fingerprint density at radius 1 is 1.50 bits per heavy atom. The minimum Gasteiger partial charge on any atom is -0.487 e. The van der Waals surface area contributed by atoms with Crippen molar-refractivity contribution in [2.75, 3.05) is 13.7 Å². The van der Waals surface area contributed by atoms with Crippen molar-refractivity contribution in [1.29, 1.82) is 0 Å². The van der Waals surface area contributed by atoms with Gasteiger partial charge in [0.1, 0.15) is 5.82 Å². The maximum Gasteiger partial charge on any atom is 0.340 e. The molecule has 0 aliphatic rings. The van der Waals surface area contributed by atoms with Crippen LogP contribution in [0.3, 0.4) is 0 Å². The smallest absolute Gasteiger partial charge is 0.340 e. The van der Waals surface area contributed by atoms with E-state index in [1.807, 2.05) is 6.92 Å². The summed E-state index contributed by atoms with van der Waals surface area (Å²) in [7, 11) is 1.09. The molecule has 1 aromatic rings. The summed E-state index contributed by atoms with van der Waals surface area (Å²) in [5, 5.41) is 10.7. The van der Waals surface area contributed by atoms with E-state index in [1.54, 1.807) is 0 Å². The fourth-order valence-corrected chi connectivity index (χ4v) is 1.28. The van der Waals surface area contributed by atoms with Crippen LogP contribution in [0, 0.1) is 15.9 Å².